The number of hydrogen-bond acceptors (Lipinski definition) is 7. The van der Waals surface area contributed by atoms with Crippen molar-refractivity contribution in [3.05, 3.63) is 81.4 Å². The number of amides is 1. The fraction of sp³-hybridized carbons (Fsp3) is 0.150. The van der Waals surface area contributed by atoms with Crippen molar-refractivity contribution in [3.63, 3.8) is 0 Å². The minimum Gasteiger partial charge on any atom is -0.494 e. The van der Waals surface area contributed by atoms with Crippen molar-refractivity contribution in [2.75, 3.05) is 11.9 Å². The summed E-state index contributed by atoms with van der Waals surface area (Å²) in [6, 6.07) is 15.8. The average Bonchev–Trinajstić information content (AvgIpc) is 3.17. The van der Waals surface area contributed by atoms with E-state index < -0.39 is 10.8 Å². The van der Waals surface area contributed by atoms with E-state index in [0.29, 0.717) is 23.7 Å². The molecule has 3 rings (SSSR count). The molecule has 0 fully saturated rings. The van der Waals surface area contributed by atoms with Crippen molar-refractivity contribution < 1.29 is 14.5 Å². The number of nitro benzene ring substituents is 1. The van der Waals surface area contributed by atoms with Crippen LogP contribution in [0.15, 0.2) is 60.7 Å². The number of nitrogens with one attached hydrogen (secondary N) is 1. The summed E-state index contributed by atoms with van der Waals surface area (Å²) in [5, 5.41) is 22.8. The van der Waals surface area contributed by atoms with Gasteiger partial charge < -0.3 is 4.74 Å². The number of nitrogens with zero attached hydrogens (tertiary/aromatic N) is 3. The highest BCUT2D eigenvalue weighted by Crippen LogP contribution is 2.20. The van der Waals surface area contributed by atoms with E-state index in [-0.39, 0.29) is 5.69 Å². The van der Waals surface area contributed by atoms with Crippen LogP contribution < -0.4 is 10.1 Å². The SMILES string of the molecule is O=C(/C=C/c1ccccc1[N+](=O)[O-])Nc1nnc(CCCOc2ccccc2)s1. The molecule has 0 aliphatic heterocycles. The number of rotatable bonds is 9. The van der Waals surface area contributed by atoms with Gasteiger partial charge in [-0.15, -0.1) is 10.2 Å². The van der Waals surface area contributed by atoms with Crippen LogP contribution in [0.25, 0.3) is 6.08 Å². The summed E-state index contributed by atoms with van der Waals surface area (Å²) in [6.07, 6.45) is 4.09. The van der Waals surface area contributed by atoms with Crippen molar-refractivity contribution in [2.24, 2.45) is 0 Å². The van der Waals surface area contributed by atoms with Crippen LogP contribution >= 0.6 is 11.3 Å². The molecule has 0 bridgehead atoms. The van der Waals surface area contributed by atoms with Gasteiger partial charge in [0, 0.05) is 18.6 Å². The lowest BCUT2D eigenvalue weighted by atomic mass is 10.1. The molecular formula is C20H18N4O4S. The zero-order valence-electron chi connectivity index (χ0n) is 15.4. The molecule has 29 heavy (non-hydrogen) atoms. The predicted octanol–water partition coefficient (Wildman–Crippen LogP) is 4.11. The van der Waals surface area contributed by atoms with Gasteiger partial charge in [0.1, 0.15) is 10.8 Å². The van der Waals surface area contributed by atoms with E-state index in [9.17, 15) is 14.9 Å². The first kappa shape index (κ1) is 20.2. The summed E-state index contributed by atoms with van der Waals surface area (Å²) in [5.41, 5.74) is 0.288. The minimum absolute atomic E-state index is 0.0625. The Labute approximate surface area is 171 Å². The van der Waals surface area contributed by atoms with Gasteiger partial charge in [-0.1, -0.05) is 41.7 Å². The lowest BCUT2D eigenvalue weighted by Gasteiger charge is -2.04. The molecule has 1 aromatic heterocycles. The Bertz CT molecular complexity index is 1000. The van der Waals surface area contributed by atoms with Crippen LogP contribution in [0.1, 0.15) is 17.0 Å². The molecular weight excluding hydrogens is 392 g/mol. The minimum atomic E-state index is -0.490. The van der Waals surface area contributed by atoms with Gasteiger partial charge in [0.25, 0.3) is 5.69 Å². The Balaban J connectivity index is 1.47. The molecule has 0 radical (unpaired) electrons. The number of para-hydroxylation sites is 2. The summed E-state index contributed by atoms with van der Waals surface area (Å²) < 4.78 is 5.63. The van der Waals surface area contributed by atoms with Crippen LogP contribution in [-0.2, 0) is 11.2 Å². The van der Waals surface area contributed by atoms with Gasteiger partial charge in [-0.2, -0.15) is 0 Å². The summed E-state index contributed by atoms with van der Waals surface area (Å²) in [6.45, 7) is 0.559. The smallest absolute Gasteiger partial charge is 0.276 e. The molecule has 2 aromatic carbocycles. The van der Waals surface area contributed by atoms with E-state index in [2.05, 4.69) is 15.5 Å². The molecule has 0 atom stereocenters. The third-order valence-corrected chi connectivity index (χ3v) is 4.69. The number of carbonyl (C=O) groups excluding carboxylic acids is 1. The molecule has 0 aliphatic carbocycles. The van der Waals surface area contributed by atoms with Crippen molar-refractivity contribution in [2.45, 2.75) is 12.8 Å². The van der Waals surface area contributed by atoms with Gasteiger partial charge in [-0.3, -0.25) is 20.2 Å². The maximum Gasteiger partial charge on any atom is 0.276 e. The van der Waals surface area contributed by atoms with Crippen molar-refractivity contribution >= 4 is 34.1 Å². The second kappa shape index (κ2) is 10.1. The Kier molecular flexibility index (Phi) is 7.01. The summed E-state index contributed by atoms with van der Waals surface area (Å²) in [4.78, 5) is 22.5. The van der Waals surface area contributed by atoms with Crippen molar-refractivity contribution in [1.29, 1.82) is 0 Å². The molecule has 1 amide bonds. The average molecular weight is 410 g/mol. The molecule has 1 heterocycles. The molecule has 0 spiro atoms. The maximum atomic E-state index is 12.0. The van der Waals surface area contributed by atoms with Crippen LogP contribution in [-0.4, -0.2) is 27.6 Å². The number of ether oxygens (including phenoxy) is 1. The number of carbonyl (C=O) groups is 1. The summed E-state index contributed by atoms with van der Waals surface area (Å²) in [5.74, 6) is 0.390. The van der Waals surface area contributed by atoms with Crippen LogP contribution in [0.2, 0.25) is 0 Å². The Hall–Kier alpha value is -3.59. The number of aryl methyl sites for hydroxylation is 1. The maximum absolute atomic E-state index is 12.0. The van der Waals surface area contributed by atoms with Gasteiger partial charge >= 0.3 is 0 Å². The van der Waals surface area contributed by atoms with Crippen molar-refractivity contribution in [1.82, 2.24) is 10.2 Å². The van der Waals surface area contributed by atoms with E-state index in [0.717, 1.165) is 17.2 Å². The highest BCUT2D eigenvalue weighted by molar-refractivity contribution is 7.15. The van der Waals surface area contributed by atoms with E-state index >= 15 is 0 Å². The van der Waals surface area contributed by atoms with Crippen molar-refractivity contribution in [3.8, 4) is 5.75 Å². The highest BCUT2D eigenvalue weighted by Gasteiger charge is 2.10. The molecule has 0 saturated heterocycles. The number of anilines is 1. The topological polar surface area (TPSA) is 107 Å². The monoisotopic (exact) mass is 410 g/mol. The van der Waals surface area contributed by atoms with Gasteiger partial charge in [0.15, 0.2) is 0 Å². The number of nitro groups is 1. The normalized spacial score (nSPS) is 10.8. The fourth-order valence-corrected chi connectivity index (χ4v) is 3.23. The first-order valence-electron chi connectivity index (χ1n) is 8.84. The standard InChI is InChI=1S/C20H18N4O4S/c25-18(13-12-15-7-4-5-10-17(15)24(26)27)21-20-23-22-19(29-20)11-6-14-28-16-8-2-1-3-9-16/h1-5,7-10,12-13H,6,11,14H2,(H,21,23,25)/b13-12+. The molecule has 0 unspecified atom stereocenters. The van der Waals surface area contributed by atoms with Gasteiger partial charge in [0.2, 0.25) is 11.0 Å². The molecule has 0 aliphatic rings. The van der Waals surface area contributed by atoms with Gasteiger partial charge in [-0.05, 0) is 30.7 Å². The third-order valence-electron chi connectivity index (χ3n) is 3.79. The molecule has 148 valence electrons. The zero-order chi connectivity index (χ0) is 20.5. The highest BCUT2D eigenvalue weighted by atomic mass is 32.1. The van der Waals surface area contributed by atoms with E-state index in [1.807, 2.05) is 30.3 Å². The lowest BCUT2D eigenvalue weighted by Crippen LogP contribution is -2.07. The molecule has 9 heteroatoms. The molecule has 1 N–H and O–H groups in total. The van der Waals surface area contributed by atoms with E-state index in [1.54, 1.807) is 18.2 Å². The third kappa shape index (κ3) is 6.22. The second-order valence-electron chi connectivity index (χ2n) is 5.90. The predicted molar refractivity (Wildman–Crippen MR) is 111 cm³/mol. The summed E-state index contributed by atoms with van der Waals surface area (Å²) >= 11 is 1.29. The Morgan fingerprint density at radius 3 is 2.69 bits per heavy atom. The Morgan fingerprint density at radius 2 is 1.90 bits per heavy atom. The van der Waals surface area contributed by atoms with Crippen LogP contribution in [0.3, 0.4) is 0 Å². The summed E-state index contributed by atoms with van der Waals surface area (Å²) in [7, 11) is 0. The number of aromatic nitrogens is 2. The van der Waals surface area contributed by atoms with Gasteiger partial charge in [-0.25, -0.2) is 0 Å². The first-order chi connectivity index (χ1) is 14.1. The van der Waals surface area contributed by atoms with Crippen LogP contribution in [0, 0.1) is 10.1 Å². The largest absolute Gasteiger partial charge is 0.494 e. The van der Waals surface area contributed by atoms with Crippen LogP contribution in [0.4, 0.5) is 10.8 Å². The quantitative estimate of drug-likeness (QED) is 0.246. The lowest BCUT2D eigenvalue weighted by molar-refractivity contribution is -0.385. The fourth-order valence-electron chi connectivity index (χ4n) is 2.44. The Morgan fingerprint density at radius 1 is 1.14 bits per heavy atom. The first-order valence-corrected chi connectivity index (χ1v) is 9.66. The van der Waals surface area contributed by atoms with Gasteiger partial charge in [0.05, 0.1) is 17.1 Å². The number of benzene rings is 2. The molecule has 0 saturated carbocycles. The van der Waals surface area contributed by atoms with E-state index in [1.165, 1.54) is 29.6 Å². The van der Waals surface area contributed by atoms with E-state index in [4.69, 9.17) is 4.74 Å². The zero-order valence-corrected chi connectivity index (χ0v) is 16.2. The van der Waals surface area contributed by atoms with Crippen LogP contribution in [0.5, 0.6) is 5.75 Å². The molecule has 8 nitrogen and oxygen atoms in total. The number of hydrogen-bond donors (Lipinski definition) is 1. The molecule has 3 aromatic rings. The second-order valence-corrected chi connectivity index (χ2v) is 6.97.